The predicted molar refractivity (Wildman–Crippen MR) is 45.4 cm³/mol. The lowest BCUT2D eigenvalue weighted by Gasteiger charge is -2.34. The molecule has 12 heavy (non-hydrogen) atoms. The van der Waals surface area contributed by atoms with Gasteiger partial charge in [-0.2, -0.15) is 0 Å². The average Bonchev–Trinajstić information content (AvgIpc) is 2.04. The number of nitrogens with zero attached hydrogens (tertiary/aromatic N) is 1. The van der Waals surface area contributed by atoms with Gasteiger partial charge in [-0.1, -0.05) is 0 Å². The lowest BCUT2D eigenvalue weighted by molar-refractivity contribution is 0.0188. The number of hydrogen-bond donors (Lipinski definition) is 0. The maximum atomic E-state index is 12.3. The summed E-state index contributed by atoms with van der Waals surface area (Å²) < 4.78 is 24.7. The van der Waals surface area contributed by atoms with Crippen molar-refractivity contribution >= 4 is 0 Å². The van der Waals surface area contributed by atoms with Crippen molar-refractivity contribution in [2.24, 2.45) is 5.92 Å². The van der Waals surface area contributed by atoms with Gasteiger partial charge in [0.1, 0.15) is 0 Å². The van der Waals surface area contributed by atoms with Crippen molar-refractivity contribution in [3.63, 3.8) is 0 Å². The van der Waals surface area contributed by atoms with E-state index in [1.54, 1.807) is 0 Å². The molecular weight excluding hydrogens is 160 g/mol. The number of halogens is 2. The highest BCUT2D eigenvalue weighted by atomic mass is 19.3. The second-order valence-electron chi connectivity index (χ2n) is 3.83. The quantitative estimate of drug-likeness (QED) is 0.626. The number of rotatable bonds is 2. The van der Waals surface area contributed by atoms with E-state index in [1.165, 1.54) is 0 Å². The van der Waals surface area contributed by atoms with Gasteiger partial charge in [0.15, 0.2) is 0 Å². The second-order valence-corrected chi connectivity index (χ2v) is 3.83. The van der Waals surface area contributed by atoms with Crippen molar-refractivity contribution in [1.82, 2.24) is 4.90 Å². The molecule has 0 amide bonds. The Kier molecular flexibility index (Phi) is 3.44. The molecule has 0 spiro atoms. The summed E-state index contributed by atoms with van der Waals surface area (Å²) in [6.45, 7) is 5.69. The van der Waals surface area contributed by atoms with Gasteiger partial charge in [0.05, 0.1) is 0 Å². The molecule has 1 fully saturated rings. The van der Waals surface area contributed by atoms with Crippen LogP contribution in [-0.4, -0.2) is 30.5 Å². The molecule has 1 atom stereocenters. The molecule has 1 heterocycles. The van der Waals surface area contributed by atoms with Gasteiger partial charge in [-0.3, -0.25) is 0 Å². The fraction of sp³-hybridized carbons (Fsp3) is 1.00. The third-order valence-corrected chi connectivity index (χ3v) is 2.58. The van der Waals surface area contributed by atoms with E-state index in [1.807, 2.05) is 0 Å². The van der Waals surface area contributed by atoms with Crippen LogP contribution >= 0.6 is 0 Å². The van der Waals surface area contributed by atoms with Crippen LogP contribution in [0.15, 0.2) is 0 Å². The fourth-order valence-electron chi connectivity index (χ4n) is 1.72. The maximum absolute atomic E-state index is 12.3. The molecule has 0 bridgehead atoms. The van der Waals surface area contributed by atoms with Gasteiger partial charge < -0.3 is 4.90 Å². The van der Waals surface area contributed by atoms with Crippen LogP contribution < -0.4 is 0 Å². The Morgan fingerprint density at radius 1 is 1.33 bits per heavy atom. The fourth-order valence-corrected chi connectivity index (χ4v) is 1.72. The first-order chi connectivity index (χ1) is 5.61. The minimum atomic E-state index is -2.13. The minimum absolute atomic E-state index is 0.388. The van der Waals surface area contributed by atoms with Gasteiger partial charge in [-0.05, 0) is 33.2 Å². The SMILES string of the molecule is CC(C)N1CCC[C@@H](C(F)F)C1. The van der Waals surface area contributed by atoms with Gasteiger partial charge >= 0.3 is 0 Å². The molecule has 0 unspecified atom stereocenters. The number of alkyl halides is 2. The first kappa shape index (κ1) is 9.90. The van der Waals surface area contributed by atoms with Gasteiger partial charge in [0.25, 0.3) is 0 Å². The van der Waals surface area contributed by atoms with Crippen LogP contribution in [0.4, 0.5) is 8.78 Å². The van der Waals surface area contributed by atoms with Crippen molar-refractivity contribution in [2.75, 3.05) is 13.1 Å². The molecular formula is C9H17F2N. The van der Waals surface area contributed by atoms with Crippen LogP contribution in [0, 0.1) is 5.92 Å². The van der Waals surface area contributed by atoms with E-state index in [0.29, 0.717) is 19.0 Å². The predicted octanol–water partition coefficient (Wildman–Crippen LogP) is 2.37. The molecule has 0 aromatic rings. The van der Waals surface area contributed by atoms with Gasteiger partial charge in [-0.15, -0.1) is 0 Å². The van der Waals surface area contributed by atoms with Crippen molar-refractivity contribution in [1.29, 1.82) is 0 Å². The minimum Gasteiger partial charge on any atom is -0.300 e. The molecule has 0 saturated carbocycles. The summed E-state index contributed by atoms with van der Waals surface area (Å²) in [6.07, 6.45) is -0.514. The van der Waals surface area contributed by atoms with Crippen LogP contribution in [0.3, 0.4) is 0 Å². The monoisotopic (exact) mass is 177 g/mol. The molecule has 1 saturated heterocycles. The van der Waals surface area contributed by atoms with Crippen LogP contribution in [0.2, 0.25) is 0 Å². The molecule has 3 heteroatoms. The molecule has 0 N–H and O–H groups in total. The molecule has 0 aliphatic carbocycles. The summed E-state index contributed by atoms with van der Waals surface area (Å²) in [5, 5.41) is 0. The van der Waals surface area contributed by atoms with Crippen LogP contribution in [0.5, 0.6) is 0 Å². The van der Waals surface area contributed by atoms with E-state index in [4.69, 9.17) is 0 Å². The molecule has 0 aromatic carbocycles. The van der Waals surface area contributed by atoms with Crippen molar-refractivity contribution in [3.8, 4) is 0 Å². The summed E-state index contributed by atoms with van der Waals surface area (Å²) in [7, 11) is 0. The number of hydrogen-bond acceptors (Lipinski definition) is 1. The normalized spacial score (nSPS) is 27.0. The topological polar surface area (TPSA) is 3.24 Å². The molecule has 0 aromatic heterocycles. The highest BCUT2D eigenvalue weighted by molar-refractivity contribution is 4.76. The highest BCUT2D eigenvalue weighted by Crippen LogP contribution is 2.23. The Hall–Kier alpha value is -0.180. The van der Waals surface area contributed by atoms with Crippen LogP contribution in [0.25, 0.3) is 0 Å². The lowest BCUT2D eigenvalue weighted by Crippen LogP contribution is -2.41. The number of piperidine rings is 1. The van der Waals surface area contributed by atoms with E-state index < -0.39 is 6.43 Å². The van der Waals surface area contributed by atoms with Crippen molar-refractivity contribution < 1.29 is 8.78 Å². The van der Waals surface area contributed by atoms with E-state index in [0.717, 1.165) is 13.0 Å². The van der Waals surface area contributed by atoms with E-state index in [9.17, 15) is 8.78 Å². The Balaban J connectivity index is 2.40. The molecule has 1 aliphatic rings. The van der Waals surface area contributed by atoms with Crippen molar-refractivity contribution in [3.05, 3.63) is 0 Å². The van der Waals surface area contributed by atoms with Gasteiger partial charge in [0.2, 0.25) is 6.43 Å². The Labute approximate surface area is 72.7 Å². The van der Waals surface area contributed by atoms with E-state index in [2.05, 4.69) is 18.7 Å². The molecule has 1 aliphatic heterocycles. The smallest absolute Gasteiger partial charge is 0.242 e. The maximum Gasteiger partial charge on any atom is 0.242 e. The van der Waals surface area contributed by atoms with Gasteiger partial charge in [0, 0.05) is 18.5 Å². The third-order valence-electron chi connectivity index (χ3n) is 2.58. The van der Waals surface area contributed by atoms with Gasteiger partial charge in [-0.25, -0.2) is 8.78 Å². The molecule has 1 nitrogen and oxygen atoms in total. The molecule has 72 valence electrons. The molecule has 1 rings (SSSR count). The van der Waals surface area contributed by atoms with E-state index >= 15 is 0 Å². The zero-order valence-electron chi connectivity index (χ0n) is 7.76. The lowest BCUT2D eigenvalue weighted by atomic mass is 9.98. The first-order valence-electron chi connectivity index (χ1n) is 4.63. The number of likely N-dealkylation sites (tertiary alicyclic amines) is 1. The van der Waals surface area contributed by atoms with Crippen LogP contribution in [-0.2, 0) is 0 Å². The van der Waals surface area contributed by atoms with Crippen LogP contribution in [0.1, 0.15) is 26.7 Å². The second kappa shape index (κ2) is 4.17. The highest BCUT2D eigenvalue weighted by Gasteiger charge is 2.27. The summed E-state index contributed by atoms with van der Waals surface area (Å²) in [5.41, 5.74) is 0. The van der Waals surface area contributed by atoms with Crippen molar-refractivity contribution in [2.45, 2.75) is 39.2 Å². The third kappa shape index (κ3) is 2.41. The Bertz CT molecular complexity index is 122. The Morgan fingerprint density at radius 3 is 2.50 bits per heavy atom. The summed E-state index contributed by atoms with van der Waals surface area (Å²) in [6, 6.07) is 0.409. The standard InChI is InChI=1S/C9H17F2N/c1-7(2)12-5-3-4-8(6-12)9(10)11/h7-9H,3-6H2,1-2H3/t8-/m1/s1. The average molecular weight is 177 g/mol. The zero-order chi connectivity index (χ0) is 9.14. The van der Waals surface area contributed by atoms with E-state index in [-0.39, 0.29) is 5.92 Å². The molecule has 0 radical (unpaired) electrons. The summed E-state index contributed by atoms with van der Waals surface area (Å²) in [5.74, 6) is -0.388. The summed E-state index contributed by atoms with van der Waals surface area (Å²) in [4.78, 5) is 2.14. The largest absolute Gasteiger partial charge is 0.300 e. The zero-order valence-corrected chi connectivity index (χ0v) is 7.76. The first-order valence-corrected chi connectivity index (χ1v) is 4.63. The summed E-state index contributed by atoms with van der Waals surface area (Å²) >= 11 is 0. The Morgan fingerprint density at radius 2 is 2.00 bits per heavy atom.